The fourth-order valence-corrected chi connectivity index (χ4v) is 7.86. The lowest BCUT2D eigenvalue weighted by molar-refractivity contribution is -0.167. The highest BCUT2D eigenvalue weighted by molar-refractivity contribution is 5.71. The van der Waals surface area contributed by atoms with Gasteiger partial charge in [0, 0.05) is 19.3 Å². The largest absolute Gasteiger partial charge is 0.462 e. The quantitative estimate of drug-likeness (QED) is 0.0262. The van der Waals surface area contributed by atoms with Crippen LogP contribution < -0.4 is 0 Å². The molecule has 0 aromatic carbocycles. The number of hydrogen-bond donors (Lipinski definition) is 0. The summed E-state index contributed by atoms with van der Waals surface area (Å²) in [4.78, 5) is 37.9. The summed E-state index contributed by atoms with van der Waals surface area (Å²) in [6.45, 7) is 6.45. The number of esters is 3. The molecule has 0 saturated carbocycles. The summed E-state index contributed by atoms with van der Waals surface area (Å²) in [6.07, 6.45) is 73.2. The topological polar surface area (TPSA) is 78.9 Å². The van der Waals surface area contributed by atoms with E-state index in [1.165, 1.54) is 141 Å². The van der Waals surface area contributed by atoms with Gasteiger partial charge in [-0.1, -0.05) is 247 Å². The minimum absolute atomic E-state index is 0.0979. The first-order valence-corrected chi connectivity index (χ1v) is 28.6. The summed E-state index contributed by atoms with van der Waals surface area (Å²) < 4.78 is 16.7. The number of rotatable bonds is 51. The molecule has 1 atom stereocenters. The zero-order valence-corrected chi connectivity index (χ0v) is 44.6. The summed E-state index contributed by atoms with van der Waals surface area (Å²) in [6, 6.07) is 0. The lowest BCUT2D eigenvalue weighted by Crippen LogP contribution is -2.30. The van der Waals surface area contributed by atoms with Crippen LogP contribution in [0, 0.1) is 0 Å². The molecule has 0 radical (unpaired) electrons. The Balaban J connectivity index is 4.25. The second-order valence-corrected chi connectivity index (χ2v) is 18.8. The third kappa shape index (κ3) is 53.5. The lowest BCUT2D eigenvalue weighted by atomic mass is 10.0. The van der Waals surface area contributed by atoms with Crippen molar-refractivity contribution in [1.29, 1.82) is 0 Å². The standard InChI is InChI=1S/C62H106O6/c1-4-7-10-13-16-19-21-23-25-27-28-29-30-31-32-33-34-36-37-39-41-43-46-49-52-55-61(64)67-58-59(57-66-60(63)54-51-48-45-18-15-12-9-6-3)68-62(65)56-53-50-47-44-42-40-38-35-26-24-22-20-17-14-11-8-5-2/h8,11,17,20-21,23-24,26-28,38,40,44,47,59H,4-7,9-10,12-16,18-19,22,25,29-37,39,41-43,45-46,48-58H2,1-3H3/b11-8-,20-17-,23-21-,26-24-,28-27-,40-38-,47-44-. The Morgan fingerprint density at radius 3 is 0.941 bits per heavy atom. The minimum Gasteiger partial charge on any atom is -0.462 e. The van der Waals surface area contributed by atoms with Gasteiger partial charge >= 0.3 is 17.9 Å². The molecule has 0 aliphatic rings. The molecule has 0 fully saturated rings. The summed E-state index contributed by atoms with van der Waals surface area (Å²) >= 11 is 0. The fraction of sp³-hybridized carbons (Fsp3) is 0.726. The smallest absolute Gasteiger partial charge is 0.306 e. The van der Waals surface area contributed by atoms with Crippen LogP contribution in [0.15, 0.2) is 85.1 Å². The van der Waals surface area contributed by atoms with E-state index in [4.69, 9.17) is 14.2 Å². The Kier molecular flexibility index (Phi) is 53.4. The molecule has 68 heavy (non-hydrogen) atoms. The van der Waals surface area contributed by atoms with Crippen LogP contribution in [0.25, 0.3) is 0 Å². The van der Waals surface area contributed by atoms with Gasteiger partial charge in [-0.15, -0.1) is 0 Å². The molecule has 6 nitrogen and oxygen atoms in total. The normalized spacial score (nSPS) is 12.7. The summed E-state index contributed by atoms with van der Waals surface area (Å²) in [5, 5.41) is 0. The molecule has 0 aliphatic carbocycles. The van der Waals surface area contributed by atoms with Gasteiger partial charge in [-0.25, -0.2) is 0 Å². The average molecular weight is 948 g/mol. The number of carbonyl (C=O) groups is 3. The van der Waals surface area contributed by atoms with Crippen molar-refractivity contribution in [2.24, 2.45) is 0 Å². The molecule has 0 bridgehead atoms. The minimum atomic E-state index is -0.804. The van der Waals surface area contributed by atoms with Gasteiger partial charge < -0.3 is 14.2 Å². The highest BCUT2D eigenvalue weighted by Crippen LogP contribution is 2.15. The van der Waals surface area contributed by atoms with Crippen LogP contribution in [0.3, 0.4) is 0 Å². The summed E-state index contributed by atoms with van der Waals surface area (Å²) in [5.74, 6) is -0.958. The second kappa shape index (κ2) is 56.2. The van der Waals surface area contributed by atoms with Crippen LogP contribution in [-0.4, -0.2) is 37.2 Å². The fourth-order valence-electron chi connectivity index (χ4n) is 7.86. The molecular formula is C62H106O6. The molecule has 390 valence electrons. The van der Waals surface area contributed by atoms with Crippen molar-refractivity contribution in [2.75, 3.05) is 13.2 Å². The maximum absolute atomic E-state index is 12.8. The van der Waals surface area contributed by atoms with Crippen LogP contribution >= 0.6 is 0 Å². The van der Waals surface area contributed by atoms with E-state index in [0.29, 0.717) is 19.3 Å². The first-order valence-electron chi connectivity index (χ1n) is 28.6. The predicted molar refractivity (Wildman–Crippen MR) is 293 cm³/mol. The van der Waals surface area contributed by atoms with Crippen molar-refractivity contribution < 1.29 is 28.6 Å². The molecule has 0 amide bonds. The van der Waals surface area contributed by atoms with E-state index in [1.54, 1.807) is 0 Å². The molecule has 0 N–H and O–H groups in total. The van der Waals surface area contributed by atoms with Gasteiger partial charge in [-0.05, 0) is 89.9 Å². The average Bonchev–Trinajstić information content (AvgIpc) is 3.34. The second-order valence-electron chi connectivity index (χ2n) is 18.8. The summed E-state index contributed by atoms with van der Waals surface area (Å²) in [5.41, 5.74) is 0. The van der Waals surface area contributed by atoms with E-state index >= 15 is 0 Å². The van der Waals surface area contributed by atoms with E-state index in [9.17, 15) is 14.4 Å². The van der Waals surface area contributed by atoms with E-state index in [2.05, 4.69) is 106 Å². The number of unbranched alkanes of at least 4 members (excludes halogenated alkanes) is 26. The van der Waals surface area contributed by atoms with Crippen LogP contribution in [0.5, 0.6) is 0 Å². The Bertz CT molecular complexity index is 1320. The molecular weight excluding hydrogens is 841 g/mol. The highest BCUT2D eigenvalue weighted by Gasteiger charge is 2.19. The molecule has 0 saturated heterocycles. The van der Waals surface area contributed by atoms with Crippen molar-refractivity contribution in [3.05, 3.63) is 85.1 Å². The van der Waals surface area contributed by atoms with E-state index in [1.807, 2.05) is 0 Å². The van der Waals surface area contributed by atoms with Crippen LogP contribution in [0.4, 0.5) is 0 Å². The first-order chi connectivity index (χ1) is 33.5. The Morgan fingerprint density at radius 1 is 0.309 bits per heavy atom. The maximum Gasteiger partial charge on any atom is 0.306 e. The van der Waals surface area contributed by atoms with Gasteiger partial charge in [-0.2, -0.15) is 0 Å². The van der Waals surface area contributed by atoms with Gasteiger partial charge in [0.2, 0.25) is 0 Å². The number of allylic oxidation sites excluding steroid dienone is 14. The van der Waals surface area contributed by atoms with E-state index in [-0.39, 0.29) is 37.5 Å². The number of carbonyl (C=O) groups excluding carboxylic acids is 3. The molecule has 0 aromatic rings. The first kappa shape index (κ1) is 64.6. The summed E-state index contributed by atoms with van der Waals surface area (Å²) in [7, 11) is 0. The maximum atomic E-state index is 12.8. The molecule has 0 rings (SSSR count). The highest BCUT2D eigenvalue weighted by atomic mass is 16.6. The van der Waals surface area contributed by atoms with Gasteiger partial charge in [0.05, 0.1) is 0 Å². The third-order valence-electron chi connectivity index (χ3n) is 12.1. The predicted octanol–water partition coefficient (Wildman–Crippen LogP) is 19.2. The van der Waals surface area contributed by atoms with Crippen LogP contribution in [0.2, 0.25) is 0 Å². The number of hydrogen-bond acceptors (Lipinski definition) is 6. The SMILES string of the molecule is CC/C=C\C/C=C\C/C=C\C/C=C\C/C=C\CCCC(=O)OC(COC(=O)CCCCCCCCCC)COC(=O)CCCCCCCCCCCCCCC/C=C\C/C=C\CCCCCCC. The van der Waals surface area contributed by atoms with Gasteiger partial charge in [0.1, 0.15) is 13.2 Å². The van der Waals surface area contributed by atoms with Crippen molar-refractivity contribution in [2.45, 2.75) is 277 Å². The van der Waals surface area contributed by atoms with Crippen molar-refractivity contribution >= 4 is 17.9 Å². The zero-order chi connectivity index (χ0) is 49.3. The molecule has 0 spiro atoms. The number of ether oxygens (including phenoxy) is 3. The molecule has 1 unspecified atom stereocenters. The van der Waals surface area contributed by atoms with Gasteiger partial charge in [0.25, 0.3) is 0 Å². The zero-order valence-electron chi connectivity index (χ0n) is 44.6. The monoisotopic (exact) mass is 947 g/mol. The lowest BCUT2D eigenvalue weighted by Gasteiger charge is -2.18. The van der Waals surface area contributed by atoms with Crippen LogP contribution in [0.1, 0.15) is 271 Å². The third-order valence-corrected chi connectivity index (χ3v) is 12.1. The Morgan fingerprint density at radius 2 is 0.588 bits per heavy atom. The van der Waals surface area contributed by atoms with Crippen molar-refractivity contribution in [3.63, 3.8) is 0 Å². The molecule has 0 heterocycles. The molecule has 6 heteroatoms. The van der Waals surface area contributed by atoms with Crippen LogP contribution in [-0.2, 0) is 28.6 Å². The van der Waals surface area contributed by atoms with E-state index in [0.717, 1.165) is 83.5 Å². The Hall–Kier alpha value is -3.41. The van der Waals surface area contributed by atoms with Crippen molar-refractivity contribution in [1.82, 2.24) is 0 Å². The van der Waals surface area contributed by atoms with E-state index < -0.39 is 6.10 Å². The Labute approximate surface area is 420 Å². The van der Waals surface area contributed by atoms with Gasteiger partial charge in [-0.3, -0.25) is 14.4 Å². The van der Waals surface area contributed by atoms with Crippen molar-refractivity contribution in [3.8, 4) is 0 Å². The van der Waals surface area contributed by atoms with Gasteiger partial charge in [0.15, 0.2) is 6.10 Å². The molecule has 0 aliphatic heterocycles. The molecule has 0 aromatic heterocycles.